The first-order chi connectivity index (χ1) is 27.8. The molecule has 6 nitrogen and oxygen atoms in total. The molecule has 0 spiro atoms. The fourth-order valence-corrected chi connectivity index (χ4v) is 8.31. The van der Waals surface area contributed by atoms with E-state index in [1.165, 1.54) is 24.3 Å². The van der Waals surface area contributed by atoms with Gasteiger partial charge in [0.2, 0.25) is 0 Å². The molecule has 0 saturated carbocycles. The molecule has 0 aliphatic carbocycles. The van der Waals surface area contributed by atoms with Gasteiger partial charge in [-0.1, -0.05) is 53.7 Å². The van der Waals surface area contributed by atoms with Gasteiger partial charge in [0.25, 0.3) is 0 Å². The lowest BCUT2D eigenvalue weighted by Gasteiger charge is -2.34. The molecule has 2 aliphatic rings. The zero-order valence-corrected chi connectivity index (χ0v) is 32.8. The van der Waals surface area contributed by atoms with Crippen molar-refractivity contribution in [3.63, 3.8) is 0 Å². The lowest BCUT2D eigenvalue weighted by atomic mass is 9.86. The number of fused-ring (bicyclic) bond motifs is 10. The minimum absolute atomic E-state index is 0.0956. The third-order valence-corrected chi connectivity index (χ3v) is 11.4. The van der Waals surface area contributed by atoms with Crippen LogP contribution in [-0.2, 0) is 10.8 Å². The van der Waals surface area contributed by atoms with Crippen molar-refractivity contribution in [2.75, 3.05) is 9.80 Å². The summed E-state index contributed by atoms with van der Waals surface area (Å²) in [6, 6.07) is 37.6. The van der Waals surface area contributed by atoms with E-state index in [4.69, 9.17) is 18.3 Å². The summed E-state index contributed by atoms with van der Waals surface area (Å²) in [6.45, 7) is 13.1. The van der Waals surface area contributed by atoms with E-state index in [9.17, 15) is 8.78 Å². The number of furan rings is 2. The maximum atomic E-state index is 14.2. The van der Waals surface area contributed by atoms with Crippen molar-refractivity contribution in [2.24, 2.45) is 0 Å². The smallest absolute Gasteiger partial charge is 0.152 e. The molecule has 2 aromatic heterocycles. The van der Waals surface area contributed by atoms with Crippen molar-refractivity contribution >= 4 is 78.0 Å². The Morgan fingerprint density at radius 2 is 0.724 bits per heavy atom. The van der Waals surface area contributed by atoms with Crippen LogP contribution >= 0.6 is 0 Å². The molecule has 0 amide bonds. The van der Waals surface area contributed by atoms with E-state index in [-0.39, 0.29) is 22.5 Å². The molecule has 2 aliphatic heterocycles. The van der Waals surface area contributed by atoms with Gasteiger partial charge in [-0.25, -0.2) is 8.78 Å². The van der Waals surface area contributed by atoms with Crippen molar-refractivity contribution in [1.29, 1.82) is 0 Å². The summed E-state index contributed by atoms with van der Waals surface area (Å²) in [5.41, 5.74) is 9.78. The van der Waals surface area contributed by atoms with Crippen LogP contribution in [0.25, 0.3) is 43.9 Å². The Labute approximate surface area is 333 Å². The van der Waals surface area contributed by atoms with Gasteiger partial charge in [0.05, 0.1) is 22.7 Å². The summed E-state index contributed by atoms with van der Waals surface area (Å²) >= 11 is 0. The largest absolute Gasteiger partial charge is 0.456 e. The Hall–Kier alpha value is -6.80. The van der Waals surface area contributed by atoms with Crippen LogP contribution in [0.15, 0.2) is 130 Å². The van der Waals surface area contributed by atoms with E-state index in [0.29, 0.717) is 45.3 Å². The number of rotatable bonds is 2. The molecular weight excluding hydrogens is 731 g/mol. The van der Waals surface area contributed by atoms with Crippen molar-refractivity contribution in [3.8, 4) is 23.0 Å². The topological polar surface area (TPSA) is 51.2 Å². The molecule has 9 aromatic rings. The molecule has 286 valence electrons. The van der Waals surface area contributed by atoms with E-state index in [1.807, 2.05) is 48.5 Å². The maximum absolute atomic E-state index is 14.2. The van der Waals surface area contributed by atoms with E-state index in [2.05, 4.69) is 75.6 Å². The molecule has 8 heteroatoms. The second-order valence-electron chi connectivity index (χ2n) is 17.4. The molecule has 0 fully saturated rings. The average molecular weight is 769 g/mol. The fourth-order valence-electron chi connectivity index (χ4n) is 8.31. The van der Waals surface area contributed by atoms with Crippen LogP contribution in [0.2, 0.25) is 0 Å². The molecule has 0 radical (unpaired) electrons. The minimum Gasteiger partial charge on any atom is -0.456 e. The van der Waals surface area contributed by atoms with Crippen LogP contribution in [0, 0.1) is 11.6 Å². The van der Waals surface area contributed by atoms with Crippen LogP contribution in [0.1, 0.15) is 52.7 Å². The van der Waals surface area contributed by atoms with Gasteiger partial charge in [-0.05, 0) is 119 Å². The van der Waals surface area contributed by atoms with Crippen LogP contribution < -0.4 is 19.3 Å². The van der Waals surface area contributed by atoms with Gasteiger partial charge in [-0.15, -0.1) is 0 Å². The van der Waals surface area contributed by atoms with E-state index in [1.54, 1.807) is 24.3 Å². The highest BCUT2D eigenvalue weighted by Gasteiger charge is 2.32. The van der Waals surface area contributed by atoms with Gasteiger partial charge >= 0.3 is 0 Å². The highest BCUT2D eigenvalue weighted by Crippen LogP contribution is 2.55. The van der Waals surface area contributed by atoms with E-state index < -0.39 is 0 Å². The summed E-state index contributed by atoms with van der Waals surface area (Å²) in [6.07, 6.45) is 0. The van der Waals surface area contributed by atoms with Crippen LogP contribution in [-0.4, -0.2) is 0 Å². The fraction of sp³-hybridized carbons (Fsp3) is 0.160. The molecule has 4 heterocycles. The van der Waals surface area contributed by atoms with Crippen molar-refractivity contribution in [3.05, 3.63) is 144 Å². The predicted octanol–water partition coefficient (Wildman–Crippen LogP) is 15.5. The molecule has 0 saturated heterocycles. The van der Waals surface area contributed by atoms with E-state index >= 15 is 0 Å². The standard InChI is InChI=1S/C50H38F2N2O4/c1-49(2,3)27-7-17-41-37(19-27)53(31-13-9-29(51)10-14-31)39-25-45-35(23-47(39)55-41)33-21-44-34(22-43(33)57-45)36-24-48-40(26-46(36)58-44)54(32-15-11-30(52)12-16-32)38-20-28(50(4,5)6)8-18-42(38)56-48/h7-26H,1-6H3. The molecule has 11 rings (SSSR count). The Morgan fingerprint density at radius 3 is 1.10 bits per heavy atom. The zero-order valence-electron chi connectivity index (χ0n) is 32.8. The highest BCUT2D eigenvalue weighted by molar-refractivity contribution is 6.16. The summed E-state index contributed by atoms with van der Waals surface area (Å²) in [5, 5.41) is 3.51. The first kappa shape index (κ1) is 34.4. The second kappa shape index (κ2) is 11.9. The number of ether oxygens (including phenoxy) is 2. The molecule has 0 N–H and O–H groups in total. The maximum Gasteiger partial charge on any atom is 0.152 e. The van der Waals surface area contributed by atoms with Crippen LogP contribution in [0.3, 0.4) is 0 Å². The average Bonchev–Trinajstić information content (AvgIpc) is 3.72. The van der Waals surface area contributed by atoms with Gasteiger partial charge in [-0.3, -0.25) is 0 Å². The highest BCUT2D eigenvalue weighted by atomic mass is 19.1. The summed E-state index contributed by atoms with van der Waals surface area (Å²) in [7, 11) is 0. The van der Waals surface area contributed by atoms with Gasteiger partial charge in [0, 0.05) is 45.1 Å². The third kappa shape index (κ3) is 5.28. The van der Waals surface area contributed by atoms with Crippen LogP contribution in [0.4, 0.5) is 42.9 Å². The third-order valence-electron chi connectivity index (χ3n) is 11.4. The number of hydrogen-bond acceptors (Lipinski definition) is 6. The molecule has 58 heavy (non-hydrogen) atoms. The normalized spacial score (nSPS) is 13.7. The monoisotopic (exact) mass is 768 g/mol. The Morgan fingerprint density at radius 1 is 0.379 bits per heavy atom. The Balaban J connectivity index is 1.07. The summed E-state index contributed by atoms with van der Waals surface area (Å²) < 4.78 is 54.9. The quantitative estimate of drug-likeness (QED) is 0.175. The second-order valence-corrected chi connectivity index (χ2v) is 17.4. The van der Waals surface area contributed by atoms with Crippen LogP contribution in [0.5, 0.6) is 23.0 Å². The summed E-state index contributed by atoms with van der Waals surface area (Å²) in [4.78, 5) is 4.21. The van der Waals surface area contributed by atoms with Gasteiger partial charge in [0.15, 0.2) is 23.0 Å². The van der Waals surface area contributed by atoms with Gasteiger partial charge in [0.1, 0.15) is 34.0 Å². The Kier molecular flexibility index (Phi) is 7.05. The first-order valence-corrected chi connectivity index (χ1v) is 19.4. The number of benzene rings is 7. The minimum atomic E-state index is -0.303. The van der Waals surface area contributed by atoms with Crippen molar-refractivity contribution in [1.82, 2.24) is 0 Å². The lowest BCUT2D eigenvalue weighted by molar-refractivity contribution is 0.476. The van der Waals surface area contributed by atoms with Gasteiger partial charge in [-0.2, -0.15) is 0 Å². The van der Waals surface area contributed by atoms with E-state index in [0.717, 1.165) is 66.8 Å². The molecule has 0 unspecified atom stereocenters. The van der Waals surface area contributed by atoms with Crippen molar-refractivity contribution < 1.29 is 27.1 Å². The number of nitrogens with zero attached hydrogens (tertiary/aromatic N) is 2. The number of halogens is 2. The SMILES string of the molecule is CC(C)(C)c1ccc2c(c1)N(c1ccc(F)cc1)c1cc3oc4cc5c(cc4c3cc1O2)oc1cc2c(cc15)Oc1ccc(C(C)(C)C)cc1N2c1ccc(F)cc1. The number of anilines is 6. The lowest BCUT2D eigenvalue weighted by Crippen LogP contribution is -2.18. The molecule has 0 bridgehead atoms. The Bertz CT molecular complexity index is 2950. The van der Waals surface area contributed by atoms with Crippen molar-refractivity contribution in [2.45, 2.75) is 52.4 Å². The number of hydrogen-bond donors (Lipinski definition) is 0. The molecular formula is C50H38F2N2O4. The first-order valence-electron chi connectivity index (χ1n) is 19.4. The molecule has 0 atom stereocenters. The molecule has 7 aromatic carbocycles. The predicted molar refractivity (Wildman–Crippen MR) is 228 cm³/mol. The van der Waals surface area contributed by atoms with Gasteiger partial charge < -0.3 is 28.1 Å². The zero-order chi connectivity index (χ0) is 39.8. The summed E-state index contributed by atoms with van der Waals surface area (Å²) in [5.74, 6) is 2.10.